The summed E-state index contributed by atoms with van der Waals surface area (Å²) in [5.41, 5.74) is 2.11. The topological polar surface area (TPSA) is 45.6 Å². The van der Waals surface area contributed by atoms with E-state index in [1.807, 2.05) is 32.0 Å². The van der Waals surface area contributed by atoms with Crippen molar-refractivity contribution in [2.75, 3.05) is 13.7 Å². The van der Waals surface area contributed by atoms with Crippen LogP contribution >= 0.6 is 24.0 Å². The molecule has 2 N–H and O–H groups in total. The quantitative estimate of drug-likeness (QED) is 0.348. The van der Waals surface area contributed by atoms with Gasteiger partial charge in [0, 0.05) is 19.6 Å². The van der Waals surface area contributed by atoms with Crippen LogP contribution in [0.3, 0.4) is 0 Å². The van der Waals surface area contributed by atoms with Gasteiger partial charge in [0.25, 0.3) is 0 Å². The highest BCUT2D eigenvalue weighted by Crippen LogP contribution is 2.37. The summed E-state index contributed by atoms with van der Waals surface area (Å²) in [6.45, 7) is 5.09. The van der Waals surface area contributed by atoms with Crippen molar-refractivity contribution in [1.82, 2.24) is 10.6 Å². The molecule has 0 amide bonds. The van der Waals surface area contributed by atoms with Crippen molar-refractivity contribution in [3.8, 4) is 5.75 Å². The second kappa shape index (κ2) is 11.0. The highest BCUT2D eigenvalue weighted by molar-refractivity contribution is 14.0. The Morgan fingerprint density at radius 1 is 1.30 bits per heavy atom. The number of guanidine groups is 1. The molecule has 1 aromatic rings. The Kier molecular flexibility index (Phi) is 9.69. The molecule has 0 bridgehead atoms. The Morgan fingerprint density at radius 3 is 2.63 bits per heavy atom. The van der Waals surface area contributed by atoms with Gasteiger partial charge in [-0.25, -0.2) is 0 Å². The SMILES string of the molecule is CCOc1ccc(CNC(=NC)NC2CCCC(C(F)(F)F)C2)cc1C.I. The molecule has 0 aliphatic heterocycles. The smallest absolute Gasteiger partial charge is 0.391 e. The molecule has 0 aromatic heterocycles. The summed E-state index contributed by atoms with van der Waals surface area (Å²) in [6.07, 6.45) is -2.48. The summed E-state index contributed by atoms with van der Waals surface area (Å²) >= 11 is 0. The summed E-state index contributed by atoms with van der Waals surface area (Å²) in [4.78, 5) is 4.14. The predicted octanol–water partition coefficient (Wildman–Crippen LogP) is 4.80. The summed E-state index contributed by atoms with van der Waals surface area (Å²) in [6, 6.07) is 5.73. The zero-order chi connectivity index (χ0) is 19.2. The molecule has 2 atom stereocenters. The standard InChI is InChI=1S/C19H28F3N3O.HI/c1-4-26-17-9-8-14(10-13(17)2)12-24-18(23-3)25-16-7-5-6-15(11-16)19(20,21)22;/h8-10,15-16H,4-7,11-12H2,1-3H3,(H2,23,24,25);1H. The highest BCUT2D eigenvalue weighted by atomic mass is 127. The Bertz CT molecular complexity index is 623. The van der Waals surface area contributed by atoms with Gasteiger partial charge in [0.05, 0.1) is 12.5 Å². The molecular formula is C19H29F3IN3O. The summed E-state index contributed by atoms with van der Waals surface area (Å²) in [5.74, 6) is 0.170. The summed E-state index contributed by atoms with van der Waals surface area (Å²) in [7, 11) is 1.63. The van der Waals surface area contributed by atoms with Crippen LogP contribution in [-0.4, -0.2) is 31.8 Å². The number of alkyl halides is 3. The molecular weight excluding hydrogens is 470 g/mol. The third-order valence-electron chi connectivity index (χ3n) is 4.70. The van der Waals surface area contributed by atoms with E-state index in [4.69, 9.17) is 4.74 Å². The lowest BCUT2D eigenvalue weighted by atomic mass is 9.85. The van der Waals surface area contributed by atoms with Gasteiger partial charge in [0.1, 0.15) is 5.75 Å². The molecule has 0 radical (unpaired) electrons. The van der Waals surface area contributed by atoms with E-state index in [9.17, 15) is 13.2 Å². The van der Waals surface area contributed by atoms with Crippen LogP contribution < -0.4 is 15.4 Å². The Hall–Kier alpha value is -1.19. The van der Waals surface area contributed by atoms with Crippen molar-refractivity contribution in [3.63, 3.8) is 0 Å². The number of nitrogens with zero attached hydrogens (tertiary/aromatic N) is 1. The second-order valence-electron chi connectivity index (χ2n) is 6.71. The molecule has 1 aliphatic carbocycles. The fraction of sp³-hybridized carbons (Fsp3) is 0.632. The maximum Gasteiger partial charge on any atom is 0.391 e. The van der Waals surface area contributed by atoms with Crippen molar-refractivity contribution in [2.24, 2.45) is 10.9 Å². The lowest BCUT2D eigenvalue weighted by Gasteiger charge is -2.31. The lowest BCUT2D eigenvalue weighted by molar-refractivity contribution is -0.183. The molecule has 154 valence electrons. The van der Waals surface area contributed by atoms with E-state index in [1.165, 1.54) is 0 Å². The minimum absolute atomic E-state index is 0. The fourth-order valence-corrected chi connectivity index (χ4v) is 3.33. The Morgan fingerprint density at radius 2 is 2.04 bits per heavy atom. The average molecular weight is 499 g/mol. The van der Waals surface area contributed by atoms with E-state index < -0.39 is 12.1 Å². The molecule has 4 nitrogen and oxygen atoms in total. The van der Waals surface area contributed by atoms with Gasteiger partial charge in [-0.2, -0.15) is 13.2 Å². The third-order valence-corrected chi connectivity index (χ3v) is 4.70. The lowest BCUT2D eigenvalue weighted by Crippen LogP contribution is -2.46. The Balaban J connectivity index is 0.00000364. The first kappa shape index (κ1) is 23.8. The highest BCUT2D eigenvalue weighted by Gasteiger charge is 2.42. The van der Waals surface area contributed by atoms with Gasteiger partial charge in [-0.05, 0) is 50.3 Å². The molecule has 1 saturated carbocycles. The first-order chi connectivity index (χ1) is 12.3. The second-order valence-corrected chi connectivity index (χ2v) is 6.71. The van der Waals surface area contributed by atoms with E-state index in [1.54, 1.807) is 7.05 Å². The number of hydrogen-bond acceptors (Lipinski definition) is 2. The van der Waals surface area contributed by atoms with Crippen molar-refractivity contribution in [3.05, 3.63) is 29.3 Å². The molecule has 2 rings (SSSR count). The van der Waals surface area contributed by atoms with Crippen LogP contribution in [0.25, 0.3) is 0 Å². The van der Waals surface area contributed by atoms with E-state index in [2.05, 4.69) is 15.6 Å². The molecule has 8 heteroatoms. The predicted molar refractivity (Wildman–Crippen MR) is 113 cm³/mol. The average Bonchev–Trinajstić information content (AvgIpc) is 2.60. The molecule has 1 fully saturated rings. The zero-order valence-electron chi connectivity index (χ0n) is 16.0. The van der Waals surface area contributed by atoms with Gasteiger partial charge in [-0.1, -0.05) is 18.6 Å². The zero-order valence-corrected chi connectivity index (χ0v) is 18.4. The van der Waals surface area contributed by atoms with Crippen LogP contribution in [0.5, 0.6) is 5.75 Å². The van der Waals surface area contributed by atoms with E-state index >= 15 is 0 Å². The Labute approximate surface area is 176 Å². The molecule has 27 heavy (non-hydrogen) atoms. The molecule has 1 aromatic carbocycles. The number of aryl methyl sites for hydroxylation is 1. The maximum atomic E-state index is 12.9. The molecule has 1 aliphatic rings. The fourth-order valence-electron chi connectivity index (χ4n) is 3.33. The van der Waals surface area contributed by atoms with Crippen LogP contribution in [0.2, 0.25) is 0 Å². The van der Waals surface area contributed by atoms with Gasteiger partial charge in [0.15, 0.2) is 5.96 Å². The van der Waals surface area contributed by atoms with Crippen molar-refractivity contribution >= 4 is 29.9 Å². The molecule has 0 saturated heterocycles. The normalized spacial score (nSPS) is 20.6. The summed E-state index contributed by atoms with van der Waals surface area (Å²) in [5, 5.41) is 6.32. The van der Waals surface area contributed by atoms with Crippen molar-refractivity contribution in [1.29, 1.82) is 0 Å². The number of benzene rings is 1. The number of rotatable bonds is 5. The number of hydrogen-bond donors (Lipinski definition) is 2. The van der Waals surface area contributed by atoms with Gasteiger partial charge < -0.3 is 15.4 Å². The molecule has 2 unspecified atom stereocenters. The minimum Gasteiger partial charge on any atom is -0.494 e. The van der Waals surface area contributed by atoms with Crippen LogP contribution in [0, 0.1) is 12.8 Å². The van der Waals surface area contributed by atoms with Gasteiger partial charge >= 0.3 is 6.18 Å². The van der Waals surface area contributed by atoms with E-state index in [-0.39, 0.29) is 42.9 Å². The monoisotopic (exact) mass is 499 g/mol. The number of nitrogens with one attached hydrogen (secondary N) is 2. The van der Waals surface area contributed by atoms with Crippen molar-refractivity contribution in [2.45, 2.75) is 58.3 Å². The van der Waals surface area contributed by atoms with Gasteiger partial charge in [-0.3, -0.25) is 4.99 Å². The van der Waals surface area contributed by atoms with Crippen LogP contribution in [-0.2, 0) is 6.54 Å². The largest absolute Gasteiger partial charge is 0.494 e. The number of ether oxygens (including phenoxy) is 1. The first-order valence-corrected chi connectivity index (χ1v) is 9.09. The van der Waals surface area contributed by atoms with Crippen LogP contribution in [0.4, 0.5) is 13.2 Å². The maximum absolute atomic E-state index is 12.9. The number of halogens is 4. The molecule has 0 spiro atoms. The van der Waals surface area contributed by atoms with Crippen LogP contribution in [0.1, 0.15) is 43.7 Å². The van der Waals surface area contributed by atoms with E-state index in [0.717, 1.165) is 23.3 Å². The van der Waals surface area contributed by atoms with Crippen LogP contribution in [0.15, 0.2) is 23.2 Å². The summed E-state index contributed by atoms with van der Waals surface area (Å²) < 4.78 is 44.4. The van der Waals surface area contributed by atoms with E-state index in [0.29, 0.717) is 25.5 Å². The van der Waals surface area contributed by atoms with Gasteiger partial charge in [0.2, 0.25) is 0 Å². The van der Waals surface area contributed by atoms with Crippen molar-refractivity contribution < 1.29 is 17.9 Å². The van der Waals surface area contributed by atoms with Gasteiger partial charge in [-0.15, -0.1) is 24.0 Å². The first-order valence-electron chi connectivity index (χ1n) is 9.09. The molecule has 0 heterocycles. The third kappa shape index (κ3) is 7.38. The minimum atomic E-state index is -4.11. The number of aliphatic imine (C=N–C) groups is 1.